The van der Waals surface area contributed by atoms with Crippen molar-refractivity contribution in [2.75, 3.05) is 39.3 Å². The maximum atomic E-state index is 11.1. The Morgan fingerprint density at radius 2 is 2.12 bits per heavy atom. The molecule has 11 heteroatoms. The molecule has 4 rings (SSSR count). The number of nitrogens with zero attached hydrogens (tertiary/aromatic N) is 4. The lowest BCUT2D eigenvalue weighted by molar-refractivity contribution is 0.112. The average molecular weight is 478 g/mol. The number of ether oxygens (including phenoxy) is 3. The second-order valence-electron chi connectivity index (χ2n) is 6.90. The molecule has 1 fully saturated rings. The molecule has 1 saturated heterocycles. The highest BCUT2D eigenvalue weighted by Crippen LogP contribution is 2.33. The molecule has 0 saturated carbocycles. The van der Waals surface area contributed by atoms with E-state index < -0.39 is 0 Å². The fraction of sp³-hybridized carbons (Fsp3) is 0.381. The second-order valence-corrected chi connectivity index (χ2v) is 8.23. The van der Waals surface area contributed by atoms with Crippen molar-refractivity contribution in [1.82, 2.24) is 20.2 Å². The van der Waals surface area contributed by atoms with Gasteiger partial charge in [0.05, 0.1) is 26.5 Å². The van der Waals surface area contributed by atoms with Gasteiger partial charge in [-0.25, -0.2) is 4.98 Å². The molecule has 4 heterocycles. The highest BCUT2D eigenvalue weighted by Gasteiger charge is 2.17. The normalized spacial score (nSPS) is 14.9. The lowest BCUT2D eigenvalue weighted by Crippen LogP contribution is -2.11. The zero-order valence-corrected chi connectivity index (χ0v) is 19.6. The van der Waals surface area contributed by atoms with Crippen LogP contribution in [0.2, 0.25) is 5.15 Å². The predicted molar refractivity (Wildman–Crippen MR) is 123 cm³/mol. The van der Waals surface area contributed by atoms with Gasteiger partial charge in [0.15, 0.2) is 6.29 Å². The van der Waals surface area contributed by atoms with Gasteiger partial charge in [0.1, 0.15) is 10.9 Å². The van der Waals surface area contributed by atoms with Crippen LogP contribution >= 0.6 is 22.9 Å². The molecule has 170 valence electrons. The summed E-state index contributed by atoms with van der Waals surface area (Å²) in [5.41, 5.74) is 2.76. The molecular weight excluding hydrogens is 454 g/mol. The van der Waals surface area contributed by atoms with Crippen molar-refractivity contribution in [2.24, 2.45) is 5.92 Å². The van der Waals surface area contributed by atoms with Gasteiger partial charge >= 0.3 is 0 Å². The number of halogens is 1. The molecule has 3 aromatic rings. The molecule has 0 aromatic carbocycles. The van der Waals surface area contributed by atoms with Gasteiger partial charge in [-0.05, 0) is 42.4 Å². The van der Waals surface area contributed by atoms with Crippen LogP contribution in [0, 0.1) is 12.8 Å². The molecule has 32 heavy (non-hydrogen) atoms. The minimum atomic E-state index is 0.345. The van der Waals surface area contributed by atoms with Crippen LogP contribution in [0.5, 0.6) is 10.9 Å². The number of methoxy groups -OCH3 is 1. The standard InChI is InChI=1S/C13H11ClN2O2.C8H13N3O2S/c1-8-3-10(9(7-17)5-15-8)11-4-13(14)16-6-12(11)18-2;1-9-7-10-11-8(14-7)13-5-6-2-3-12-4-6/h3-7H,1-2H3;6H,2-5H2,1H3,(H,9,10). The van der Waals surface area contributed by atoms with Gasteiger partial charge in [-0.1, -0.05) is 16.7 Å². The minimum absolute atomic E-state index is 0.345. The Morgan fingerprint density at radius 3 is 2.78 bits per heavy atom. The van der Waals surface area contributed by atoms with E-state index in [0.29, 0.717) is 34.2 Å². The molecule has 1 aliphatic heterocycles. The number of carbonyl (C=O) groups is 1. The summed E-state index contributed by atoms with van der Waals surface area (Å²) in [7, 11) is 3.36. The third kappa shape index (κ3) is 6.35. The van der Waals surface area contributed by atoms with E-state index in [0.717, 1.165) is 47.9 Å². The zero-order valence-electron chi connectivity index (χ0n) is 18.0. The number of nitrogens with one attached hydrogen (secondary N) is 1. The van der Waals surface area contributed by atoms with Crippen molar-refractivity contribution in [3.63, 3.8) is 0 Å². The zero-order chi connectivity index (χ0) is 22.9. The maximum absolute atomic E-state index is 11.1. The molecule has 0 amide bonds. The molecule has 1 unspecified atom stereocenters. The summed E-state index contributed by atoms with van der Waals surface area (Å²) in [6, 6.07) is 3.49. The number of aromatic nitrogens is 4. The SMILES string of the molecule is CNc1nnc(OCC2CCOC2)s1.COc1cnc(Cl)cc1-c1cc(C)ncc1C=O. The van der Waals surface area contributed by atoms with Crippen molar-refractivity contribution >= 4 is 34.4 Å². The van der Waals surface area contributed by atoms with Crippen molar-refractivity contribution in [2.45, 2.75) is 13.3 Å². The number of hydrogen-bond acceptors (Lipinski definition) is 10. The quantitative estimate of drug-likeness (QED) is 0.400. The van der Waals surface area contributed by atoms with E-state index in [-0.39, 0.29) is 0 Å². The van der Waals surface area contributed by atoms with E-state index in [1.165, 1.54) is 23.7 Å². The molecule has 0 radical (unpaired) electrons. The number of pyridine rings is 2. The Labute approximate surface area is 195 Å². The van der Waals surface area contributed by atoms with Crippen LogP contribution in [0.25, 0.3) is 11.1 Å². The van der Waals surface area contributed by atoms with Gasteiger partial charge in [0.2, 0.25) is 5.13 Å². The molecule has 3 aromatic heterocycles. The largest absolute Gasteiger partial charge is 0.494 e. The van der Waals surface area contributed by atoms with Crippen LogP contribution in [0.1, 0.15) is 22.5 Å². The third-order valence-corrected chi connectivity index (χ3v) is 5.69. The maximum Gasteiger partial charge on any atom is 0.295 e. The van der Waals surface area contributed by atoms with Crippen LogP contribution < -0.4 is 14.8 Å². The first-order valence-corrected chi connectivity index (χ1v) is 11.1. The predicted octanol–water partition coefficient (Wildman–Crippen LogP) is 3.92. The first-order chi connectivity index (χ1) is 15.5. The second kappa shape index (κ2) is 11.7. The number of aldehydes is 1. The van der Waals surface area contributed by atoms with Gasteiger partial charge in [0.25, 0.3) is 5.19 Å². The number of rotatable bonds is 7. The van der Waals surface area contributed by atoms with Gasteiger partial charge in [-0.15, -0.1) is 5.10 Å². The summed E-state index contributed by atoms with van der Waals surface area (Å²) in [5, 5.41) is 12.4. The molecule has 0 aliphatic carbocycles. The van der Waals surface area contributed by atoms with E-state index in [1.54, 1.807) is 13.2 Å². The smallest absolute Gasteiger partial charge is 0.295 e. The first kappa shape index (κ1) is 23.8. The van der Waals surface area contributed by atoms with Gasteiger partial charge in [-0.2, -0.15) is 0 Å². The lowest BCUT2D eigenvalue weighted by Gasteiger charge is -2.10. The third-order valence-electron chi connectivity index (χ3n) is 4.63. The molecule has 9 nitrogen and oxygen atoms in total. The fourth-order valence-corrected chi connectivity index (χ4v) is 3.68. The molecule has 0 spiro atoms. The summed E-state index contributed by atoms with van der Waals surface area (Å²) < 4.78 is 16.0. The first-order valence-electron chi connectivity index (χ1n) is 9.87. The van der Waals surface area contributed by atoms with Crippen LogP contribution in [-0.4, -0.2) is 60.4 Å². The van der Waals surface area contributed by atoms with E-state index in [2.05, 4.69) is 25.5 Å². The topological polar surface area (TPSA) is 108 Å². The number of aryl methyl sites for hydroxylation is 1. The van der Waals surface area contributed by atoms with Gasteiger partial charge < -0.3 is 19.5 Å². The van der Waals surface area contributed by atoms with Crippen LogP contribution in [-0.2, 0) is 4.74 Å². The number of anilines is 1. The number of carbonyl (C=O) groups excluding carboxylic acids is 1. The highest BCUT2D eigenvalue weighted by atomic mass is 35.5. The summed E-state index contributed by atoms with van der Waals surface area (Å²) in [5.74, 6) is 1.07. The monoisotopic (exact) mass is 477 g/mol. The van der Waals surface area contributed by atoms with Crippen LogP contribution in [0.4, 0.5) is 5.13 Å². The summed E-state index contributed by atoms with van der Waals surface area (Å²) in [6.45, 7) is 4.19. The van der Waals surface area contributed by atoms with Crippen molar-refractivity contribution in [3.8, 4) is 22.1 Å². The Morgan fingerprint density at radius 1 is 1.28 bits per heavy atom. The Bertz CT molecular complexity index is 1040. The van der Waals surface area contributed by atoms with Gasteiger partial charge in [0, 0.05) is 42.6 Å². The van der Waals surface area contributed by atoms with E-state index in [1.807, 2.05) is 20.0 Å². The summed E-state index contributed by atoms with van der Waals surface area (Å²) in [4.78, 5) is 19.1. The Kier molecular flexibility index (Phi) is 8.72. The van der Waals surface area contributed by atoms with Crippen molar-refractivity contribution in [1.29, 1.82) is 0 Å². The van der Waals surface area contributed by atoms with Gasteiger partial charge in [-0.3, -0.25) is 9.78 Å². The van der Waals surface area contributed by atoms with E-state index >= 15 is 0 Å². The van der Waals surface area contributed by atoms with Crippen LogP contribution in [0.3, 0.4) is 0 Å². The minimum Gasteiger partial charge on any atom is -0.494 e. The highest BCUT2D eigenvalue weighted by molar-refractivity contribution is 7.16. The number of hydrogen-bond donors (Lipinski definition) is 1. The summed E-state index contributed by atoms with van der Waals surface area (Å²) in [6.07, 6.45) is 4.90. The molecule has 1 atom stereocenters. The lowest BCUT2D eigenvalue weighted by atomic mass is 10.0. The average Bonchev–Trinajstić information content (AvgIpc) is 3.50. The Hall–Kier alpha value is -2.82. The molecule has 1 N–H and O–H groups in total. The van der Waals surface area contributed by atoms with Crippen molar-refractivity contribution in [3.05, 3.63) is 40.9 Å². The van der Waals surface area contributed by atoms with Crippen LogP contribution in [0.15, 0.2) is 24.5 Å². The summed E-state index contributed by atoms with van der Waals surface area (Å²) >= 11 is 7.31. The van der Waals surface area contributed by atoms with E-state index in [9.17, 15) is 4.79 Å². The fourth-order valence-electron chi connectivity index (χ4n) is 2.96. The van der Waals surface area contributed by atoms with Crippen molar-refractivity contribution < 1.29 is 19.0 Å². The Balaban J connectivity index is 0.000000186. The molecule has 0 bridgehead atoms. The molecule has 1 aliphatic rings. The molecular formula is C21H24ClN5O4S. The van der Waals surface area contributed by atoms with E-state index in [4.69, 9.17) is 25.8 Å².